The predicted molar refractivity (Wildman–Crippen MR) is 163 cm³/mol. The van der Waals surface area contributed by atoms with Gasteiger partial charge in [0.05, 0.1) is 17.2 Å². The zero-order chi connectivity index (χ0) is 26.8. The molecule has 1 aromatic heterocycles. The highest BCUT2D eigenvalue weighted by molar-refractivity contribution is 6.93. The van der Waals surface area contributed by atoms with E-state index < -0.39 is 6.55 Å². The first-order valence-electron chi connectivity index (χ1n) is 13.4. The fourth-order valence-electron chi connectivity index (χ4n) is 5.32. The molecule has 7 rings (SSSR count). The molecule has 4 aromatic carbocycles. The molecular formula is C35H26BN2O2-. The molecule has 0 atom stereocenters. The molecule has 0 spiro atoms. The molecule has 192 valence electrons. The molecule has 0 radical (unpaired) electrons. The minimum atomic E-state index is -2.12. The van der Waals surface area contributed by atoms with Crippen molar-refractivity contribution >= 4 is 28.9 Å². The normalized spacial score (nSPS) is 17.5. The second-order valence-corrected chi connectivity index (χ2v) is 9.88. The van der Waals surface area contributed by atoms with Crippen molar-refractivity contribution < 1.29 is 9.31 Å². The van der Waals surface area contributed by atoms with Gasteiger partial charge in [0.15, 0.2) is 0 Å². The number of aliphatic imine (C=N–C) groups is 1. The Morgan fingerprint density at radius 1 is 0.525 bits per heavy atom. The van der Waals surface area contributed by atoms with Gasteiger partial charge in [0, 0.05) is 17.3 Å². The van der Waals surface area contributed by atoms with Crippen molar-refractivity contribution in [2.24, 2.45) is 4.99 Å². The number of hydrogen-bond donors (Lipinski definition) is 1. The smallest absolute Gasteiger partial charge is 0.406 e. The third-order valence-electron chi connectivity index (χ3n) is 7.32. The Morgan fingerprint density at radius 3 is 1.70 bits per heavy atom. The second-order valence-electron chi connectivity index (χ2n) is 9.88. The van der Waals surface area contributed by atoms with Crippen molar-refractivity contribution in [2.75, 3.05) is 0 Å². The fraction of sp³-hybridized carbons (Fsp3) is 0. The number of rotatable bonds is 5. The summed E-state index contributed by atoms with van der Waals surface area (Å²) in [6.45, 7) is -2.12. The maximum Gasteiger partial charge on any atom is 0.406 e. The zero-order valence-corrected chi connectivity index (χ0v) is 21.8. The molecule has 5 heteroatoms. The molecule has 40 heavy (non-hydrogen) atoms. The van der Waals surface area contributed by atoms with Crippen molar-refractivity contribution in [3.05, 3.63) is 174 Å². The molecule has 0 fully saturated rings. The average Bonchev–Trinajstić information content (AvgIpc) is 3.74. The van der Waals surface area contributed by atoms with Gasteiger partial charge in [-0.3, -0.25) is 0 Å². The van der Waals surface area contributed by atoms with Crippen molar-refractivity contribution in [1.82, 2.24) is 4.98 Å². The van der Waals surface area contributed by atoms with E-state index in [1.54, 1.807) is 0 Å². The molecule has 2 aliphatic rings. The second kappa shape index (κ2) is 10.1. The van der Waals surface area contributed by atoms with Crippen LogP contribution in [0.5, 0.6) is 0 Å². The van der Waals surface area contributed by atoms with Crippen molar-refractivity contribution in [2.45, 2.75) is 0 Å². The van der Waals surface area contributed by atoms with E-state index in [-0.39, 0.29) is 0 Å². The number of benzene rings is 4. The van der Waals surface area contributed by atoms with Crippen molar-refractivity contribution in [3.63, 3.8) is 0 Å². The summed E-state index contributed by atoms with van der Waals surface area (Å²) in [5.74, 6) is 1.35. The molecule has 0 amide bonds. The topological polar surface area (TPSA) is 46.6 Å². The number of allylic oxidation sites excluding steroid dienone is 3. The van der Waals surface area contributed by atoms with Crippen LogP contribution in [0.3, 0.4) is 0 Å². The van der Waals surface area contributed by atoms with Crippen LogP contribution < -0.4 is 10.9 Å². The zero-order valence-electron chi connectivity index (χ0n) is 21.8. The lowest BCUT2D eigenvalue weighted by Crippen LogP contribution is -2.63. The maximum absolute atomic E-state index is 6.95. The van der Waals surface area contributed by atoms with Crippen LogP contribution in [0.25, 0.3) is 17.0 Å². The Kier molecular flexibility index (Phi) is 6.02. The summed E-state index contributed by atoms with van der Waals surface area (Å²) in [6, 6.07) is 44.9. The summed E-state index contributed by atoms with van der Waals surface area (Å²) >= 11 is 0. The largest absolute Gasteiger partial charge is 0.674 e. The van der Waals surface area contributed by atoms with Gasteiger partial charge in [0.1, 0.15) is 11.5 Å². The first-order valence-corrected chi connectivity index (χ1v) is 13.4. The Morgan fingerprint density at radius 2 is 1.07 bits per heavy atom. The lowest BCUT2D eigenvalue weighted by molar-refractivity contribution is 0.311. The first-order chi connectivity index (χ1) is 19.8. The van der Waals surface area contributed by atoms with Crippen molar-refractivity contribution in [3.8, 4) is 11.3 Å². The maximum atomic E-state index is 6.95. The summed E-state index contributed by atoms with van der Waals surface area (Å²) in [6.07, 6.45) is 5.99. The van der Waals surface area contributed by atoms with Gasteiger partial charge >= 0.3 is 6.55 Å². The van der Waals surface area contributed by atoms with Crippen LogP contribution in [-0.4, -0.2) is 17.2 Å². The predicted octanol–water partition coefficient (Wildman–Crippen LogP) is 6.60. The molecule has 0 saturated carbocycles. The molecule has 3 heterocycles. The van der Waals surface area contributed by atoms with Crippen LogP contribution in [0.4, 0.5) is 0 Å². The Balaban J connectivity index is 1.40. The monoisotopic (exact) mass is 517 g/mol. The quantitative estimate of drug-likeness (QED) is 0.267. The van der Waals surface area contributed by atoms with E-state index in [1.165, 1.54) is 0 Å². The standard InChI is InChI=1S/C35H26BN2O2/c1-5-13-26(14-6-1)30-21-23-32(37-30)34-25-35(33-24-22-31(38-33)27-15-7-2-8-16-27)40-36(39-34,28-17-9-3-10-18-28)29-19-11-4-12-20-29/h1-25,37H/q-1/b35-33+. The van der Waals surface area contributed by atoms with E-state index in [9.17, 15) is 0 Å². The van der Waals surface area contributed by atoms with E-state index in [1.807, 2.05) is 91.0 Å². The number of H-pyrrole nitrogens is 1. The summed E-state index contributed by atoms with van der Waals surface area (Å²) in [4.78, 5) is 8.55. The summed E-state index contributed by atoms with van der Waals surface area (Å²) in [5.41, 5.74) is 7.60. The van der Waals surface area contributed by atoms with E-state index in [2.05, 4.69) is 65.6 Å². The summed E-state index contributed by atoms with van der Waals surface area (Å²) in [7, 11) is 0. The highest BCUT2D eigenvalue weighted by atomic mass is 16.6. The van der Waals surface area contributed by atoms with E-state index in [0.29, 0.717) is 11.5 Å². The highest BCUT2D eigenvalue weighted by Crippen LogP contribution is 2.34. The third kappa shape index (κ3) is 4.38. The van der Waals surface area contributed by atoms with Gasteiger partial charge in [0.25, 0.3) is 0 Å². The Hall–Kier alpha value is -5.29. The van der Waals surface area contributed by atoms with Crippen LogP contribution in [0.2, 0.25) is 0 Å². The first kappa shape index (κ1) is 23.8. The fourth-order valence-corrected chi connectivity index (χ4v) is 5.32. The van der Waals surface area contributed by atoms with Crippen LogP contribution in [0, 0.1) is 0 Å². The molecule has 5 aromatic rings. The molecular weight excluding hydrogens is 491 g/mol. The minimum Gasteiger partial charge on any atom is -0.674 e. The van der Waals surface area contributed by atoms with Crippen LogP contribution in [0.15, 0.2) is 168 Å². The van der Waals surface area contributed by atoms with Crippen molar-refractivity contribution in [1.29, 1.82) is 0 Å². The van der Waals surface area contributed by atoms with Gasteiger partial charge < -0.3 is 14.3 Å². The molecule has 4 nitrogen and oxygen atoms in total. The van der Waals surface area contributed by atoms with Crippen LogP contribution >= 0.6 is 0 Å². The molecule has 2 aliphatic heterocycles. The number of hydrogen-bond acceptors (Lipinski definition) is 3. The Bertz CT molecular complexity index is 1730. The Labute approximate surface area is 233 Å². The number of aromatic nitrogens is 1. The summed E-state index contributed by atoms with van der Waals surface area (Å²) < 4.78 is 13.9. The number of nitrogens with one attached hydrogen (secondary N) is 1. The molecule has 0 unspecified atom stereocenters. The van der Waals surface area contributed by atoms with E-state index in [4.69, 9.17) is 14.3 Å². The SMILES string of the molecule is C1=C/C(=C2/C=C(c3ccc(-c4ccccc4)[nH]3)O[B-](c3ccccc3)(c3ccccc3)O2)N=C1c1ccccc1. The van der Waals surface area contributed by atoms with Crippen LogP contribution in [0.1, 0.15) is 11.3 Å². The van der Waals surface area contributed by atoms with Crippen LogP contribution in [-0.2, 0) is 9.31 Å². The van der Waals surface area contributed by atoms with E-state index >= 15 is 0 Å². The molecule has 1 N–H and O–H groups in total. The molecule has 0 bridgehead atoms. The lowest BCUT2D eigenvalue weighted by atomic mass is 9.45. The lowest BCUT2D eigenvalue weighted by Gasteiger charge is -2.48. The summed E-state index contributed by atoms with van der Waals surface area (Å²) in [5, 5.41) is 0. The van der Waals surface area contributed by atoms with Gasteiger partial charge in [-0.2, -0.15) is 0 Å². The van der Waals surface area contributed by atoms with Gasteiger partial charge in [-0.25, -0.2) is 4.99 Å². The van der Waals surface area contributed by atoms with Gasteiger partial charge in [-0.05, 0) is 29.8 Å². The number of aromatic amines is 1. The highest BCUT2D eigenvalue weighted by Gasteiger charge is 2.39. The minimum absolute atomic E-state index is 0.659. The number of nitrogens with zero attached hydrogens (tertiary/aromatic N) is 1. The van der Waals surface area contributed by atoms with Gasteiger partial charge in [-0.1, -0.05) is 121 Å². The molecule has 0 saturated heterocycles. The molecule has 0 aliphatic carbocycles. The van der Waals surface area contributed by atoms with Gasteiger partial charge in [-0.15, -0.1) is 10.9 Å². The van der Waals surface area contributed by atoms with E-state index in [0.717, 1.165) is 44.8 Å². The third-order valence-corrected chi connectivity index (χ3v) is 7.32. The average molecular weight is 517 g/mol. The van der Waals surface area contributed by atoms with Gasteiger partial charge in [0.2, 0.25) is 0 Å².